The molecule has 0 radical (unpaired) electrons. The number of piperidine rings is 1. The van der Waals surface area contributed by atoms with Crippen LogP contribution in [0.25, 0.3) is 0 Å². The summed E-state index contributed by atoms with van der Waals surface area (Å²) in [5.41, 5.74) is 1.94. The minimum atomic E-state index is 0.121. The van der Waals surface area contributed by atoms with Crippen LogP contribution in [0.3, 0.4) is 0 Å². The van der Waals surface area contributed by atoms with Crippen LogP contribution in [0.4, 0.5) is 0 Å². The second-order valence-corrected chi connectivity index (χ2v) is 5.09. The molecule has 0 aliphatic carbocycles. The number of H-pyrrole nitrogens is 1. The van der Waals surface area contributed by atoms with Crippen molar-refractivity contribution in [3.63, 3.8) is 0 Å². The second-order valence-electron chi connectivity index (χ2n) is 5.09. The Bertz CT molecular complexity index is 401. The van der Waals surface area contributed by atoms with E-state index in [1.54, 1.807) is 6.33 Å². The number of likely N-dealkylation sites (tertiary alicyclic amines) is 1. The van der Waals surface area contributed by atoms with Crippen LogP contribution < -0.4 is 5.32 Å². The first-order valence-electron chi connectivity index (χ1n) is 6.62. The van der Waals surface area contributed by atoms with Crippen LogP contribution in [0.2, 0.25) is 0 Å². The first kappa shape index (κ1) is 13.1. The topological polar surface area (TPSA) is 61.0 Å². The van der Waals surface area contributed by atoms with Crippen LogP contribution in [0.15, 0.2) is 6.33 Å². The number of aromatic nitrogens is 2. The molecule has 100 valence electrons. The smallest absolute Gasteiger partial charge is 0.221 e. The lowest BCUT2D eigenvalue weighted by Gasteiger charge is -2.31. The van der Waals surface area contributed by atoms with Crippen LogP contribution >= 0.6 is 0 Å². The standard InChI is InChI=1S/C13H22N4O/c1-10-12(16-9-15-10)8-14-13(18)7-11-5-3-4-6-17(11)2/h9,11H,3-8H2,1-2H3,(H,14,18)(H,15,16). The first-order valence-corrected chi connectivity index (χ1v) is 6.62. The van der Waals surface area contributed by atoms with E-state index >= 15 is 0 Å². The van der Waals surface area contributed by atoms with Crippen LogP contribution in [-0.2, 0) is 11.3 Å². The Labute approximate surface area is 108 Å². The van der Waals surface area contributed by atoms with Gasteiger partial charge >= 0.3 is 0 Å². The van der Waals surface area contributed by atoms with E-state index in [4.69, 9.17) is 0 Å². The molecular formula is C13H22N4O. The Kier molecular flexibility index (Phi) is 4.36. The summed E-state index contributed by atoms with van der Waals surface area (Å²) in [5, 5.41) is 2.95. The van der Waals surface area contributed by atoms with Crippen LogP contribution in [0.1, 0.15) is 37.1 Å². The molecule has 5 heteroatoms. The van der Waals surface area contributed by atoms with E-state index in [1.807, 2.05) is 6.92 Å². The normalized spacial score (nSPS) is 20.9. The number of imidazole rings is 1. The van der Waals surface area contributed by atoms with Gasteiger partial charge in [-0.05, 0) is 33.4 Å². The second kappa shape index (κ2) is 6.00. The Balaban J connectivity index is 1.76. The van der Waals surface area contributed by atoms with Gasteiger partial charge in [-0.25, -0.2) is 4.98 Å². The highest BCUT2D eigenvalue weighted by molar-refractivity contribution is 5.76. The molecule has 1 aromatic heterocycles. The average molecular weight is 250 g/mol. The monoisotopic (exact) mass is 250 g/mol. The fourth-order valence-electron chi connectivity index (χ4n) is 2.44. The fourth-order valence-corrected chi connectivity index (χ4v) is 2.44. The summed E-state index contributed by atoms with van der Waals surface area (Å²) in [5.74, 6) is 0.121. The lowest BCUT2D eigenvalue weighted by molar-refractivity contribution is -0.122. The fraction of sp³-hybridized carbons (Fsp3) is 0.692. The van der Waals surface area contributed by atoms with E-state index < -0.39 is 0 Å². The number of rotatable bonds is 4. The summed E-state index contributed by atoms with van der Waals surface area (Å²) in [7, 11) is 2.11. The number of hydrogen-bond acceptors (Lipinski definition) is 3. The molecule has 1 fully saturated rings. The first-order chi connectivity index (χ1) is 8.66. The van der Waals surface area contributed by atoms with Crippen molar-refractivity contribution >= 4 is 5.91 Å². The number of aryl methyl sites for hydroxylation is 1. The maximum absolute atomic E-state index is 11.9. The van der Waals surface area contributed by atoms with E-state index in [2.05, 4.69) is 27.2 Å². The minimum absolute atomic E-state index is 0.121. The Morgan fingerprint density at radius 2 is 2.44 bits per heavy atom. The van der Waals surface area contributed by atoms with Crippen molar-refractivity contribution < 1.29 is 4.79 Å². The number of carbonyl (C=O) groups excluding carboxylic acids is 1. The van der Waals surface area contributed by atoms with E-state index in [9.17, 15) is 4.79 Å². The predicted octanol–water partition coefficient (Wildman–Crippen LogP) is 1.21. The summed E-state index contributed by atoms with van der Waals surface area (Å²) in [6.07, 6.45) is 5.87. The van der Waals surface area contributed by atoms with Crippen LogP contribution in [0, 0.1) is 6.92 Å². The van der Waals surface area contributed by atoms with Gasteiger partial charge in [-0.3, -0.25) is 4.79 Å². The highest BCUT2D eigenvalue weighted by atomic mass is 16.1. The van der Waals surface area contributed by atoms with Gasteiger partial charge in [0.1, 0.15) is 0 Å². The van der Waals surface area contributed by atoms with Gasteiger partial charge in [0.25, 0.3) is 0 Å². The highest BCUT2D eigenvalue weighted by Gasteiger charge is 2.21. The highest BCUT2D eigenvalue weighted by Crippen LogP contribution is 2.17. The number of nitrogens with zero attached hydrogens (tertiary/aromatic N) is 2. The van der Waals surface area contributed by atoms with Gasteiger partial charge in [0, 0.05) is 18.2 Å². The van der Waals surface area contributed by atoms with Gasteiger partial charge in [-0.15, -0.1) is 0 Å². The van der Waals surface area contributed by atoms with E-state index in [1.165, 1.54) is 12.8 Å². The quantitative estimate of drug-likeness (QED) is 0.844. The molecule has 1 aliphatic heterocycles. The van der Waals surface area contributed by atoms with E-state index in [0.29, 0.717) is 19.0 Å². The molecule has 18 heavy (non-hydrogen) atoms. The number of nitrogens with one attached hydrogen (secondary N) is 2. The molecule has 0 aromatic carbocycles. The van der Waals surface area contributed by atoms with Gasteiger partial charge in [0.15, 0.2) is 0 Å². The van der Waals surface area contributed by atoms with Crippen molar-refractivity contribution in [3.05, 3.63) is 17.7 Å². The third-order valence-corrected chi connectivity index (χ3v) is 3.73. The van der Waals surface area contributed by atoms with Crippen molar-refractivity contribution in [1.29, 1.82) is 0 Å². The zero-order chi connectivity index (χ0) is 13.0. The van der Waals surface area contributed by atoms with Crippen molar-refractivity contribution in [1.82, 2.24) is 20.2 Å². The number of hydrogen-bond donors (Lipinski definition) is 2. The van der Waals surface area contributed by atoms with Crippen molar-refractivity contribution in [2.24, 2.45) is 0 Å². The van der Waals surface area contributed by atoms with Crippen molar-refractivity contribution in [2.45, 2.75) is 45.2 Å². The molecule has 1 atom stereocenters. The molecule has 1 aliphatic rings. The zero-order valence-corrected chi connectivity index (χ0v) is 11.2. The molecule has 1 unspecified atom stereocenters. The van der Waals surface area contributed by atoms with E-state index in [-0.39, 0.29) is 5.91 Å². The van der Waals surface area contributed by atoms with Crippen LogP contribution in [-0.4, -0.2) is 40.4 Å². The maximum atomic E-state index is 11.9. The summed E-state index contributed by atoms with van der Waals surface area (Å²) in [6.45, 7) is 3.59. The minimum Gasteiger partial charge on any atom is -0.350 e. The lowest BCUT2D eigenvalue weighted by Crippen LogP contribution is -2.40. The maximum Gasteiger partial charge on any atom is 0.221 e. The SMILES string of the molecule is Cc1[nH]cnc1CNC(=O)CC1CCCCN1C. The Morgan fingerprint density at radius 1 is 1.61 bits per heavy atom. The molecule has 1 aromatic rings. The molecule has 0 spiro atoms. The summed E-state index contributed by atoms with van der Waals surface area (Å²) in [6, 6.07) is 0.402. The summed E-state index contributed by atoms with van der Waals surface area (Å²) < 4.78 is 0. The molecule has 2 heterocycles. The molecule has 0 saturated carbocycles. The van der Waals surface area contributed by atoms with Gasteiger partial charge in [-0.1, -0.05) is 6.42 Å². The molecule has 2 rings (SSSR count). The van der Waals surface area contributed by atoms with Gasteiger partial charge < -0.3 is 15.2 Å². The molecule has 2 N–H and O–H groups in total. The van der Waals surface area contributed by atoms with Crippen LogP contribution in [0.5, 0.6) is 0 Å². The third-order valence-electron chi connectivity index (χ3n) is 3.73. The molecule has 1 amide bonds. The number of carbonyl (C=O) groups is 1. The Hall–Kier alpha value is -1.36. The van der Waals surface area contributed by atoms with Gasteiger partial charge in [0.05, 0.1) is 18.6 Å². The predicted molar refractivity (Wildman–Crippen MR) is 70.1 cm³/mol. The van der Waals surface area contributed by atoms with Crippen molar-refractivity contribution in [2.75, 3.05) is 13.6 Å². The summed E-state index contributed by atoms with van der Waals surface area (Å²) >= 11 is 0. The molecule has 0 bridgehead atoms. The molecular weight excluding hydrogens is 228 g/mol. The number of amides is 1. The average Bonchev–Trinajstić information content (AvgIpc) is 2.75. The molecule has 1 saturated heterocycles. The zero-order valence-electron chi connectivity index (χ0n) is 11.2. The Morgan fingerprint density at radius 3 is 3.11 bits per heavy atom. The lowest BCUT2D eigenvalue weighted by atomic mass is 10.00. The van der Waals surface area contributed by atoms with Gasteiger partial charge in [-0.2, -0.15) is 0 Å². The largest absolute Gasteiger partial charge is 0.350 e. The van der Waals surface area contributed by atoms with E-state index in [0.717, 1.165) is 24.4 Å². The molecule has 5 nitrogen and oxygen atoms in total. The number of aromatic amines is 1. The van der Waals surface area contributed by atoms with Crippen molar-refractivity contribution in [3.8, 4) is 0 Å². The summed E-state index contributed by atoms with van der Waals surface area (Å²) in [4.78, 5) is 21.4. The third kappa shape index (κ3) is 3.32. The van der Waals surface area contributed by atoms with Gasteiger partial charge in [0.2, 0.25) is 5.91 Å².